The van der Waals surface area contributed by atoms with Crippen LogP contribution in [-0.2, 0) is 14.3 Å². The molecule has 2 aliphatic rings. The van der Waals surface area contributed by atoms with Gasteiger partial charge in [0.1, 0.15) is 0 Å². The Balaban J connectivity index is 1.69. The molecular weight excluding hydrogens is 258 g/mol. The van der Waals surface area contributed by atoms with E-state index in [0.717, 1.165) is 50.8 Å². The van der Waals surface area contributed by atoms with Crippen LogP contribution >= 0.6 is 0 Å². The highest BCUT2D eigenvalue weighted by Gasteiger charge is 2.19. The standard InChI is InChI=1S/C14H23N3O3/c18-13(15-10-12-8-5-9-20-12)14(19)17-16-11-6-3-1-2-4-7-11/h12H,1-10H2,(H,15,18)(H,17,19)/t12-/m1/s1. The van der Waals surface area contributed by atoms with Gasteiger partial charge in [-0.15, -0.1) is 0 Å². The van der Waals surface area contributed by atoms with E-state index in [2.05, 4.69) is 15.8 Å². The third-order valence-corrected chi connectivity index (χ3v) is 3.72. The van der Waals surface area contributed by atoms with E-state index >= 15 is 0 Å². The SMILES string of the molecule is O=C(NC[C@H]1CCCO1)C(=O)NN=C1CCCCCC1. The molecule has 2 rings (SSSR count). The van der Waals surface area contributed by atoms with Crippen LogP contribution in [0, 0.1) is 0 Å². The van der Waals surface area contributed by atoms with Crippen molar-refractivity contribution in [3.05, 3.63) is 0 Å². The van der Waals surface area contributed by atoms with Crippen LogP contribution in [0.4, 0.5) is 0 Å². The maximum absolute atomic E-state index is 11.6. The molecule has 1 aliphatic carbocycles. The van der Waals surface area contributed by atoms with E-state index in [9.17, 15) is 9.59 Å². The second-order valence-electron chi connectivity index (χ2n) is 5.38. The van der Waals surface area contributed by atoms with Gasteiger partial charge in [-0.3, -0.25) is 9.59 Å². The fourth-order valence-electron chi connectivity index (χ4n) is 2.52. The normalized spacial score (nSPS) is 23.0. The Hall–Kier alpha value is -1.43. The number of rotatable bonds is 3. The summed E-state index contributed by atoms with van der Waals surface area (Å²) < 4.78 is 5.38. The van der Waals surface area contributed by atoms with Crippen LogP contribution in [0.25, 0.3) is 0 Å². The molecule has 6 nitrogen and oxygen atoms in total. The summed E-state index contributed by atoms with van der Waals surface area (Å²) in [4.78, 5) is 23.2. The summed E-state index contributed by atoms with van der Waals surface area (Å²) >= 11 is 0. The Morgan fingerprint density at radius 2 is 1.85 bits per heavy atom. The largest absolute Gasteiger partial charge is 0.376 e. The molecule has 2 fully saturated rings. The smallest absolute Gasteiger partial charge is 0.329 e. The van der Waals surface area contributed by atoms with Crippen LogP contribution in [0.2, 0.25) is 0 Å². The summed E-state index contributed by atoms with van der Waals surface area (Å²) in [7, 11) is 0. The molecule has 0 aromatic rings. The average Bonchev–Trinajstić information content (AvgIpc) is 2.84. The summed E-state index contributed by atoms with van der Waals surface area (Å²) in [5, 5.41) is 6.65. The Kier molecular flexibility index (Phi) is 5.98. The number of nitrogens with one attached hydrogen (secondary N) is 2. The van der Waals surface area contributed by atoms with Crippen molar-refractivity contribution in [1.29, 1.82) is 0 Å². The van der Waals surface area contributed by atoms with E-state index < -0.39 is 11.8 Å². The molecule has 2 N–H and O–H groups in total. The van der Waals surface area contributed by atoms with Gasteiger partial charge >= 0.3 is 11.8 Å². The Bertz CT molecular complexity index is 366. The summed E-state index contributed by atoms with van der Waals surface area (Å²) in [5.74, 6) is -1.33. The van der Waals surface area contributed by atoms with Crippen LogP contribution in [0.15, 0.2) is 5.10 Å². The van der Waals surface area contributed by atoms with Gasteiger partial charge in [-0.2, -0.15) is 5.10 Å². The third kappa shape index (κ3) is 4.92. The van der Waals surface area contributed by atoms with E-state index in [1.165, 1.54) is 12.8 Å². The molecule has 1 saturated carbocycles. The van der Waals surface area contributed by atoms with Crippen LogP contribution in [-0.4, -0.2) is 36.8 Å². The highest BCUT2D eigenvalue weighted by Crippen LogP contribution is 2.14. The summed E-state index contributed by atoms with van der Waals surface area (Å²) in [5.41, 5.74) is 3.34. The highest BCUT2D eigenvalue weighted by atomic mass is 16.5. The van der Waals surface area contributed by atoms with E-state index in [1.54, 1.807) is 0 Å². The van der Waals surface area contributed by atoms with Gasteiger partial charge in [-0.05, 0) is 38.5 Å². The first-order valence-electron chi connectivity index (χ1n) is 7.51. The number of hydrazone groups is 1. The predicted octanol–water partition coefficient (Wildman–Crippen LogP) is 1.11. The molecule has 112 valence electrons. The van der Waals surface area contributed by atoms with Crippen molar-refractivity contribution in [2.24, 2.45) is 5.10 Å². The fourth-order valence-corrected chi connectivity index (χ4v) is 2.52. The monoisotopic (exact) mass is 281 g/mol. The summed E-state index contributed by atoms with van der Waals surface area (Å²) in [6.07, 6.45) is 8.48. The lowest BCUT2D eigenvalue weighted by Crippen LogP contribution is -2.41. The number of hydrogen-bond donors (Lipinski definition) is 2. The zero-order valence-electron chi connectivity index (χ0n) is 11.8. The van der Waals surface area contributed by atoms with Gasteiger partial charge in [0, 0.05) is 18.9 Å². The number of nitrogens with zero attached hydrogens (tertiary/aromatic N) is 1. The first kappa shape index (κ1) is 15.0. The molecule has 1 atom stereocenters. The molecular formula is C14H23N3O3. The lowest BCUT2D eigenvalue weighted by atomic mass is 10.2. The predicted molar refractivity (Wildman–Crippen MR) is 75.3 cm³/mol. The fraction of sp³-hybridized carbons (Fsp3) is 0.786. The van der Waals surface area contributed by atoms with Crippen LogP contribution in [0.3, 0.4) is 0 Å². The van der Waals surface area contributed by atoms with Crippen LogP contribution in [0.5, 0.6) is 0 Å². The number of amides is 2. The van der Waals surface area contributed by atoms with E-state index in [0.29, 0.717) is 6.54 Å². The molecule has 0 spiro atoms. The Morgan fingerprint density at radius 1 is 1.10 bits per heavy atom. The topological polar surface area (TPSA) is 79.8 Å². The maximum Gasteiger partial charge on any atom is 0.329 e. The van der Waals surface area contributed by atoms with Crippen molar-refractivity contribution in [3.8, 4) is 0 Å². The minimum atomic E-state index is -0.695. The number of carbonyl (C=O) groups is 2. The van der Waals surface area contributed by atoms with Gasteiger partial charge in [0.15, 0.2) is 0 Å². The highest BCUT2D eigenvalue weighted by molar-refractivity contribution is 6.35. The second-order valence-corrected chi connectivity index (χ2v) is 5.38. The Morgan fingerprint density at radius 3 is 2.50 bits per heavy atom. The van der Waals surface area contributed by atoms with E-state index in [1.807, 2.05) is 0 Å². The lowest BCUT2D eigenvalue weighted by Gasteiger charge is -2.10. The zero-order chi connectivity index (χ0) is 14.2. The molecule has 2 amide bonds. The molecule has 0 aromatic heterocycles. The average molecular weight is 281 g/mol. The minimum absolute atomic E-state index is 0.0416. The van der Waals surface area contributed by atoms with Crippen molar-refractivity contribution in [2.45, 2.75) is 57.5 Å². The Labute approximate surface area is 119 Å². The summed E-state index contributed by atoms with van der Waals surface area (Å²) in [6, 6.07) is 0. The number of hydrogen-bond acceptors (Lipinski definition) is 4. The summed E-state index contributed by atoms with van der Waals surface area (Å²) in [6.45, 7) is 1.13. The maximum atomic E-state index is 11.6. The third-order valence-electron chi connectivity index (χ3n) is 3.72. The quantitative estimate of drug-likeness (QED) is 0.462. The molecule has 1 heterocycles. The first-order valence-corrected chi connectivity index (χ1v) is 7.51. The van der Waals surface area contributed by atoms with E-state index in [-0.39, 0.29) is 6.10 Å². The molecule has 0 radical (unpaired) electrons. The molecule has 20 heavy (non-hydrogen) atoms. The van der Waals surface area contributed by atoms with Crippen molar-refractivity contribution >= 4 is 17.5 Å². The van der Waals surface area contributed by atoms with Gasteiger partial charge in [0.2, 0.25) is 0 Å². The van der Waals surface area contributed by atoms with Gasteiger partial charge in [0.25, 0.3) is 0 Å². The van der Waals surface area contributed by atoms with Gasteiger partial charge in [-0.25, -0.2) is 5.43 Å². The molecule has 0 bridgehead atoms. The first-order chi connectivity index (χ1) is 9.75. The van der Waals surface area contributed by atoms with Crippen LogP contribution in [0.1, 0.15) is 51.4 Å². The second kappa shape index (κ2) is 7.99. The van der Waals surface area contributed by atoms with Gasteiger partial charge in [0.05, 0.1) is 6.10 Å². The number of carbonyl (C=O) groups excluding carboxylic acids is 2. The molecule has 6 heteroatoms. The molecule has 1 aliphatic heterocycles. The van der Waals surface area contributed by atoms with Gasteiger partial charge < -0.3 is 10.1 Å². The molecule has 0 unspecified atom stereocenters. The number of ether oxygens (including phenoxy) is 1. The van der Waals surface area contributed by atoms with Crippen molar-refractivity contribution in [3.63, 3.8) is 0 Å². The van der Waals surface area contributed by atoms with Crippen molar-refractivity contribution < 1.29 is 14.3 Å². The molecule has 0 aromatic carbocycles. The van der Waals surface area contributed by atoms with Gasteiger partial charge in [-0.1, -0.05) is 12.8 Å². The molecule has 1 saturated heterocycles. The van der Waals surface area contributed by atoms with Crippen molar-refractivity contribution in [1.82, 2.24) is 10.7 Å². The lowest BCUT2D eigenvalue weighted by molar-refractivity contribution is -0.139. The van der Waals surface area contributed by atoms with Crippen molar-refractivity contribution in [2.75, 3.05) is 13.2 Å². The zero-order valence-corrected chi connectivity index (χ0v) is 11.8. The van der Waals surface area contributed by atoms with Crippen LogP contribution < -0.4 is 10.7 Å². The minimum Gasteiger partial charge on any atom is -0.376 e. The van der Waals surface area contributed by atoms with E-state index in [4.69, 9.17) is 4.74 Å².